The maximum Gasteiger partial charge on any atom is 0.419 e. The number of aliphatic hydroxyl groups is 1. The number of ether oxygens (including phenoxy) is 1. The SMILES string of the molecule is Cc1ccc2c(c1)c(C(C)O)cn2C(=O)OC(C)(C)C. The minimum absolute atomic E-state index is 0.432. The van der Waals surface area contributed by atoms with Crippen LogP contribution in [0.4, 0.5) is 4.79 Å². The standard InChI is InChI=1S/C16H21NO3/c1-10-6-7-14-12(8-10)13(11(2)18)9-17(14)15(19)20-16(3,4)5/h6-9,11,18H,1-5H3. The van der Waals surface area contributed by atoms with E-state index in [-0.39, 0.29) is 0 Å². The molecule has 0 aliphatic heterocycles. The highest BCUT2D eigenvalue weighted by Gasteiger charge is 2.21. The van der Waals surface area contributed by atoms with Gasteiger partial charge in [-0.25, -0.2) is 4.79 Å². The minimum Gasteiger partial charge on any atom is -0.443 e. The van der Waals surface area contributed by atoms with Crippen LogP contribution in [0.25, 0.3) is 10.9 Å². The highest BCUT2D eigenvalue weighted by Crippen LogP contribution is 2.28. The first-order valence-electron chi connectivity index (χ1n) is 6.72. The van der Waals surface area contributed by atoms with Crippen LogP contribution >= 0.6 is 0 Å². The van der Waals surface area contributed by atoms with Crippen molar-refractivity contribution in [3.8, 4) is 0 Å². The molecule has 1 aromatic heterocycles. The summed E-state index contributed by atoms with van der Waals surface area (Å²) in [6.07, 6.45) is 0.587. The molecule has 0 aliphatic rings. The van der Waals surface area contributed by atoms with Crippen molar-refractivity contribution in [2.75, 3.05) is 0 Å². The van der Waals surface area contributed by atoms with Crippen LogP contribution in [0.5, 0.6) is 0 Å². The molecular weight excluding hydrogens is 254 g/mol. The van der Waals surface area contributed by atoms with Gasteiger partial charge in [0.15, 0.2) is 0 Å². The van der Waals surface area contributed by atoms with Crippen molar-refractivity contribution < 1.29 is 14.6 Å². The summed E-state index contributed by atoms with van der Waals surface area (Å²) < 4.78 is 6.86. The normalized spacial score (nSPS) is 13.5. The molecule has 1 heterocycles. The average Bonchev–Trinajstić information content (AvgIpc) is 2.65. The van der Waals surface area contributed by atoms with Crippen LogP contribution in [-0.2, 0) is 4.74 Å². The van der Waals surface area contributed by atoms with Gasteiger partial charge in [-0.3, -0.25) is 4.57 Å². The van der Waals surface area contributed by atoms with Crippen LogP contribution in [0, 0.1) is 6.92 Å². The van der Waals surface area contributed by atoms with Crippen LogP contribution in [-0.4, -0.2) is 21.4 Å². The molecule has 0 saturated heterocycles. The van der Waals surface area contributed by atoms with E-state index < -0.39 is 17.8 Å². The van der Waals surface area contributed by atoms with E-state index in [1.807, 2.05) is 45.9 Å². The zero-order valence-corrected chi connectivity index (χ0v) is 12.6. The number of carbonyl (C=O) groups is 1. The van der Waals surface area contributed by atoms with Crippen LogP contribution in [0.15, 0.2) is 24.4 Å². The van der Waals surface area contributed by atoms with Crippen LogP contribution in [0.2, 0.25) is 0 Å². The summed E-state index contributed by atoms with van der Waals surface area (Å²) in [5.41, 5.74) is 2.01. The molecule has 0 aliphatic carbocycles. The van der Waals surface area contributed by atoms with Crippen LogP contribution in [0.1, 0.15) is 44.9 Å². The number of rotatable bonds is 1. The lowest BCUT2D eigenvalue weighted by Crippen LogP contribution is -2.26. The Balaban J connectivity index is 2.57. The monoisotopic (exact) mass is 275 g/mol. The van der Waals surface area contributed by atoms with Gasteiger partial charge in [-0.15, -0.1) is 0 Å². The van der Waals surface area contributed by atoms with Crippen molar-refractivity contribution in [1.29, 1.82) is 0 Å². The zero-order chi connectivity index (χ0) is 15.1. The topological polar surface area (TPSA) is 51.5 Å². The van der Waals surface area contributed by atoms with Gasteiger partial charge in [0.05, 0.1) is 11.6 Å². The first-order chi connectivity index (χ1) is 9.19. The number of aryl methyl sites for hydroxylation is 1. The Morgan fingerprint density at radius 3 is 2.55 bits per heavy atom. The zero-order valence-electron chi connectivity index (χ0n) is 12.6. The predicted molar refractivity (Wildman–Crippen MR) is 78.9 cm³/mol. The number of carbonyl (C=O) groups excluding carboxylic acids is 1. The van der Waals surface area contributed by atoms with Gasteiger partial charge in [0, 0.05) is 17.1 Å². The van der Waals surface area contributed by atoms with Gasteiger partial charge in [-0.1, -0.05) is 11.6 Å². The van der Waals surface area contributed by atoms with E-state index in [0.717, 1.165) is 22.0 Å². The van der Waals surface area contributed by atoms with Gasteiger partial charge >= 0.3 is 6.09 Å². The first kappa shape index (κ1) is 14.6. The van der Waals surface area contributed by atoms with Crippen molar-refractivity contribution in [2.24, 2.45) is 0 Å². The Labute approximate surface area is 119 Å². The van der Waals surface area contributed by atoms with Gasteiger partial charge < -0.3 is 9.84 Å². The number of nitrogens with zero attached hydrogens (tertiary/aromatic N) is 1. The van der Waals surface area contributed by atoms with Gasteiger partial charge in [-0.2, -0.15) is 0 Å². The molecule has 0 bridgehead atoms. The maximum absolute atomic E-state index is 12.3. The third-order valence-corrected chi connectivity index (χ3v) is 3.03. The number of hydrogen-bond donors (Lipinski definition) is 1. The molecule has 2 aromatic rings. The number of hydrogen-bond acceptors (Lipinski definition) is 3. The highest BCUT2D eigenvalue weighted by molar-refractivity contribution is 5.92. The Morgan fingerprint density at radius 2 is 2.00 bits per heavy atom. The smallest absolute Gasteiger partial charge is 0.419 e. The summed E-state index contributed by atoms with van der Waals surface area (Å²) in [5.74, 6) is 0. The Kier molecular flexibility index (Phi) is 3.61. The Morgan fingerprint density at radius 1 is 1.35 bits per heavy atom. The Bertz CT molecular complexity index is 648. The van der Waals surface area contributed by atoms with E-state index in [9.17, 15) is 9.90 Å². The summed E-state index contributed by atoms with van der Waals surface area (Å²) in [6, 6.07) is 5.79. The molecule has 0 radical (unpaired) electrons. The molecule has 0 fully saturated rings. The molecule has 1 atom stereocenters. The van der Waals surface area contributed by atoms with Crippen LogP contribution < -0.4 is 0 Å². The van der Waals surface area contributed by atoms with Crippen molar-refractivity contribution in [2.45, 2.75) is 46.3 Å². The van der Waals surface area contributed by atoms with Gasteiger partial charge in [0.2, 0.25) is 0 Å². The second kappa shape index (κ2) is 4.94. The molecule has 108 valence electrons. The molecule has 0 saturated carbocycles. The second-order valence-electron chi connectivity index (χ2n) is 6.13. The summed E-state index contributed by atoms with van der Waals surface area (Å²) >= 11 is 0. The van der Waals surface area contributed by atoms with Crippen LogP contribution in [0.3, 0.4) is 0 Å². The molecule has 0 spiro atoms. The number of benzene rings is 1. The molecule has 2 rings (SSSR count). The lowest BCUT2D eigenvalue weighted by molar-refractivity contribution is 0.0544. The molecule has 4 heteroatoms. The summed E-state index contributed by atoms with van der Waals surface area (Å²) in [5, 5.41) is 10.8. The molecule has 4 nitrogen and oxygen atoms in total. The highest BCUT2D eigenvalue weighted by atomic mass is 16.6. The summed E-state index contributed by atoms with van der Waals surface area (Å²) in [7, 11) is 0. The average molecular weight is 275 g/mol. The number of aliphatic hydroxyl groups excluding tert-OH is 1. The second-order valence-corrected chi connectivity index (χ2v) is 6.13. The molecule has 20 heavy (non-hydrogen) atoms. The Hall–Kier alpha value is -1.81. The molecule has 1 N–H and O–H groups in total. The van der Waals surface area contributed by atoms with Crippen molar-refractivity contribution in [1.82, 2.24) is 4.57 Å². The fourth-order valence-corrected chi connectivity index (χ4v) is 2.16. The van der Waals surface area contributed by atoms with Crippen molar-refractivity contribution >= 4 is 17.0 Å². The molecular formula is C16H21NO3. The van der Waals surface area contributed by atoms with E-state index in [4.69, 9.17) is 4.74 Å². The lowest BCUT2D eigenvalue weighted by Gasteiger charge is -2.19. The fourth-order valence-electron chi connectivity index (χ4n) is 2.16. The fraction of sp³-hybridized carbons (Fsp3) is 0.438. The molecule has 1 unspecified atom stereocenters. The van der Waals surface area contributed by atoms with E-state index in [2.05, 4.69) is 0 Å². The molecule has 1 aromatic carbocycles. The number of fused-ring (bicyclic) bond motifs is 1. The number of aromatic nitrogens is 1. The lowest BCUT2D eigenvalue weighted by atomic mass is 10.1. The summed E-state index contributed by atoms with van der Waals surface area (Å²) in [6.45, 7) is 9.16. The maximum atomic E-state index is 12.3. The van der Waals surface area contributed by atoms with Crippen molar-refractivity contribution in [3.63, 3.8) is 0 Å². The van der Waals surface area contributed by atoms with E-state index in [0.29, 0.717) is 0 Å². The van der Waals surface area contributed by atoms with E-state index in [1.165, 1.54) is 4.57 Å². The largest absolute Gasteiger partial charge is 0.443 e. The van der Waals surface area contributed by atoms with Gasteiger partial charge in [-0.05, 0) is 46.8 Å². The van der Waals surface area contributed by atoms with Gasteiger partial charge in [0.25, 0.3) is 0 Å². The molecule has 0 amide bonds. The van der Waals surface area contributed by atoms with E-state index >= 15 is 0 Å². The summed E-state index contributed by atoms with van der Waals surface area (Å²) in [4.78, 5) is 12.3. The predicted octanol–water partition coefficient (Wildman–Crippen LogP) is 3.79. The first-order valence-corrected chi connectivity index (χ1v) is 6.72. The quantitative estimate of drug-likeness (QED) is 0.861. The third kappa shape index (κ3) is 2.85. The third-order valence-electron chi connectivity index (χ3n) is 3.03. The van der Waals surface area contributed by atoms with Crippen molar-refractivity contribution in [3.05, 3.63) is 35.5 Å². The minimum atomic E-state index is -0.636. The van der Waals surface area contributed by atoms with Gasteiger partial charge in [0.1, 0.15) is 5.60 Å². The van der Waals surface area contributed by atoms with E-state index in [1.54, 1.807) is 13.1 Å².